The zero-order chi connectivity index (χ0) is 12.4. The summed E-state index contributed by atoms with van der Waals surface area (Å²) in [4.78, 5) is 10.6. The molecule has 5 heteroatoms. The molecule has 1 saturated heterocycles. The van der Waals surface area contributed by atoms with Gasteiger partial charge in [0.2, 0.25) is 6.04 Å². The van der Waals surface area contributed by atoms with Crippen molar-refractivity contribution < 1.29 is 14.8 Å². The van der Waals surface area contributed by atoms with Gasteiger partial charge in [-0.2, -0.15) is 0 Å². The molecule has 5 nitrogen and oxygen atoms in total. The van der Waals surface area contributed by atoms with E-state index in [4.69, 9.17) is 4.74 Å². The highest BCUT2D eigenvalue weighted by Crippen LogP contribution is 2.31. The number of ether oxygens (including phenoxy) is 1. The van der Waals surface area contributed by atoms with Gasteiger partial charge in [0, 0.05) is 11.3 Å². The molecule has 2 rings (SSSR count). The summed E-state index contributed by atoms with van der Waals surface area (Å²) >= 11 is 0. The van der Waals surface area contributed by atoms with Gasteiger partial charge in [0.15, 0.2) is 6.29 Å². The van der Waals surface area contributed by atoms with Gasteiger partial charge in [-0.15, -0.1) is 0 Å². The summed E-state index contributed by atoms with van der Waals surface area (Å²) in [5.74, 6) is -0.283. The summed E-state index contributed by atoms with van der Waals surface area (Å²) in [5, 5.41) is 20.4. The number of rotatable bonds is 2. The van der Waals surface area contributed by atoms with Gasteiger partial charge in [-0.1, -0.05) is 29.8 Å². The third-order valence-electron chi connectivity index (χ3n) is 3.16. The topological polar surface area (TPSA) is 72.6 Å². The van der Waals surface area contributed by atoms with Crippen LogP contribution in [0.4, 0.5) is 0 Å². The van der Waals surface area contributed by atoms with Crippen molar-refractivity contribution >= 4 is 0 Å². The molecule has 1 aromatic carbocycles. The zero-order valence-electron chi connectivity index (χ0n) is 9.57. The number of aliphatic hydroxyl groups is 1. The molecule has 1 heterocycles. The number of nitrogens with zero attached hydrogens (tertiary/aromatic N) is 1. The smallest absolute Gasteiger partial charge is 0.243 e. The van der Waals surface area contributed by atoms with Crippen LogP contribution in [0.15, 0.2) is 24.3 Å². The van der Waals surface area contributed by atoms with Gasteiger partial charge in [0.1, 0.15) is 6.61 Å². The molecule has 1 N–H and O–H groups in total. The third kappa shape index (κ3) is 2.62. The Hall–Kier alpha value is -1.46. The molecule has 0 aromatic heterocycles. The van der Waals surface area contributed by atoms with Gasteiger partial charge in [0.25, 0.3) is 0 Å². The minimum Gasteiger partial charge on any atom is -0.368 e. The molecular formula is C12H15NO4. The van der Waals surface area contributed by atoms with Crippen molar-refractivity contribution in [3.63, 3.8) is 0 Å². The predicted octanol–water partition coefficient (Wildman–Crippen LogP) is 1.46. The van der Waals surface area contributed by atoms with Gasteiger partial charge in [-0.05, 0) is 12.5 Å². The van der Waals surface area contributed by atoms with Gasteiger partial charge in [0.05, 0.1) is 5.92 Å². The summed E-state index contributed by atoms with van der Waals surface area (Å²) in [6, 6.07) is 6.84. The van der Waals surface area contributed by atoms with E-state index in [-0.39, 0.29) is 23.9 Å². The Labute approximate surface area is 99.2 Å². The van der Waals surface area contributed by atoms with Crippen LogP contribution >= 0.6 is 0 Å². The number of nitro groups is 1. The van der Waals surface area contributed by atoms with E-state index in [1.807, 2.05) is 31.2 Å². The minimum absolute atomic E-state index is 0.0350. The van der Waals surface area contributed by atoms with Crippen molar-refractivity contribution in [2.24, 2.45) is 0 Å². The maximum Gasteiger partial charge on any atom is 0.243 e. The molecule has 0 aliphatic carbocycles. The lowest BCUT2D eigenvalue weighted by Crippen LogP contribution is -2.40. The molecule has 0 amide bonds. The van der Waals surface area contributed by atoms with E-state index >= 15 is 0 Å². The zero-order valence-corrected chi connectivity index (χ0v) is 9.57. The van der Waals surface area contributed by atoms with Crippen LogP contribution in [0.2, 0.25) is 0 Å². The Morgan fingerprint density at radius 3 is 2.65 bits per heavy atom. The normalized spacial score (nSPS) is 28.9. The molecule has 1 aliphatic rings. The molecular weight excluding hydrogens is 222 g/mol. The lowest BCUT2D eigenvalue weighted by atomic mass is 9.87. The van der Waals surface area contributed by atoms with Crippen LogP contribution in [0.1, 0.15) is 23.5 Å². The Morgan fingerprint density at radius 1 is 1.41 bits per heavy atom. The van der Waals surface area contributed by atoms with E-state index in [0.29, 0.717) is 0 Å². The first-order valence-corrected chi connectivity index (χ1v) is 5.57. The molecule has 1 aliphatic heterocycles. The second-order valence-corrected chi connectivity index (χ2v) is 4.39. The Kier molecular flexibility index (Phi) is 3.40. The predicted molar refractivity (Wildman–Crippen MR) is 61.3 cm³/mol. The molecule has 1 aromatic rings. The summed E-state index contributed by atoms with van der Waals surface area (Å²) in [5.41, 5.74) is 2.00. The van der Waals surface area contributed by atoms with Crippen molar-refractivity contribution in [2.75, 3.05) is 6.61 Å². The standard InChI is InChI=1S/C12H15NO4/c1-8-2-4-9(5-3-8)10-6-12(14)17-7-11(10)13(15)16/h2-5,10-12,14H,6-7H2,1H3/t10-,11+,12+/m0/s1. The van der Waals surface area contributed by atoms with Crippen molar-refractivity contribution in [2.45, 2.75) is 31.6 Å². The van der Waals surface area contributed by atoms with Crippen molar-refractivity contribution in [1.82, 2.24) is 0 Å². The van der Waals surface area contributed by atoms with Gasteiger partial charge >= 0.3 is 0 Å². The molecule has 92 valence electrons. The number of aryl methyl sites for hydroxylation is 1. The first-order chi connectivity index (χ1) is 8.08. The molecule has 0 saturated carbocycles. The van der Waals surface area contributed by atoms with Crippen LogP contribution in [-0.2, 0) is 4.74 Å². The van der Waals surface area contributed by atoms with Crippen LogP contribution < -0.4 is 0 Å². The highest BCUT2D eigenvalue weighted by atomic mass is 16.6. The summed E-state index contributed by atoms with van der Waals surface area (Å²) in [6.07, 6.45) is -0.633. The lowest BCUT2D eigenvalue weighted by molar-refractivity contribution is -0.538. The summed E-state index contributed by atoms with van der Waals surface area (Å²) in [7, 11) is 0. The van der Waals surface area contributed by atoms with Gasteiger partial charge in [-0.3, -0.25) is 10.1 Å². The van der Waals surface area contributed by atoms with E-state index in [9.17, 15) is 15.2 Å². The van der Waals surface area contributed by atoms with E-state index < -0.39 is 12.3 Å². The van der Waals surface area contributed by atoms with E-state index in [1.165, 1.54) is 0 Å². The highest BCUT2D eigenvalue weighted by Gasteiger charge is 2.39. The second-order valence-electron chi connectivity index (χ2n) is 4.39. The molecule has 3 atom stereocenters. The number of benzene rings is 1. The quantitative estimate of drug-likeness (QED) is 0.624. The average Bonchev–Trinajstić information content (AvgIpc) is 2.29. The maximum atomic E-state index is 11.0. The van der Waals surface area contributed by atoms with Crippen molar-refractivity contribution in [1.29, 1.82) is 0 Å². The second kappa shape index (κ2) is 4.81. The molecule has 0 spiro atoms. The van der Waals surface area contributed by atoms with Crippen molar-refractivity contribution in [3.05, 3.63) is 45.5 Å². The highest BCUT2D eigenvalue weighted by molar-refractivity contribution is 5.25. The van der Waals surface area contributed by atoms with E-state index in [0.717, 1.165) is 11.1 Å². The van der Waals surface area contributed by atoms with Gasteiger partial charge < -0.3 is 9.84 Å². The molecule has 0 bridgehead atoms. The van der Waals surface area contributed by atoms with Crippen LogP contribution in [0.25, 0.3) is 0 Å². The Balaban J connectivity index is 2.25. The largest absolute Gasteiger partial charge is 0.368 e. The first-order valence-electron chi connectivity index (χ1n) is 5.57. The van der Waals surface area contributed by atoms with E-state index in [2.05, 4.69) is 0 Å². The maximum absolute atomic E-state index is 11.0. The Morgan fingerprint density at radius 2 is 2.06 bits per heavy atom. The fourth-order valence-corrected chi connectivity index (χ4v) is 2.15. The third-order valence-corrected chi connectivity index (χ3v) is 3.16. The molecule has 0 unspecified atom stereocenters. The SMILES string of the molecule is Cc1ccc([C@@H]2C[C@H](O)OC[C@H]2[N+](=O)[O-])cc1. The van der Waals surface area contributed by atoms with Crippen LogP contribution in [-0.4, -0.2) is 29.0 Å². The van der Waals surface area contributed by atoms with Crippen molar-refractivity contribution in [3.8, 4) is 0 Å². The average molecular weight is 237 g/mol. The number of hydrogen-bond acceptors (Lipinski definition) is 4. The minimum atomic E-state index is -0.905. The van der Waals surface area contributed by atoms with E-state index in [1.54, 1.807) is 0 Å². The van der Waals surface area contributed by atoms with Crippen LogP contribution in [0.3, 0.4) is 0 Å². The Bertz CT molecular complexity index is 403. The monoisotopic (exact) mass is 237 g/mol. The lowest BCUT2D eigenvalue weighted by Gasteiger charge is -2.29. The fourth-order valence-electron chi connectivity index (χ4n) is 2.15. The number of hydrogen-bond donors (Lipinski definition) is 1. The summed E-state index contributed by atoms with van der Waals surface area (Å²) in [6.45, 7) is 1.93. The molecule has 1 fully saturated rings. The molecule has 17 heavy (non-hydrogen) atoms. The first kappa shape index (κ1) is 12.0. The fraction of sp³-hybridized carbons (Fsp3) is 0.500. The van der Waals surface area contributed by atoms with Crippen LogP contribution in [0, 0.1) is 17.0 Å². The molecule has 0 radical (unpaired) electrons. The van der Waals surface area contributed by atoms with Gasteiger partial charge in [-0.25, -0.2) is 0 Å². The summed E-state index contributed by atoms with van der Waals surface area (Å²) < 4.78 is 4.94. The van der Waals surface area contributed by atoms with Crippen LogP contribution in [0.5, 0.6) is 0 Å². The number of aliphatic hydroxyl groups excluding tert-OH is 1.